The Kier molecular flexibility index (Phi) is 7.83. The predicted octanol–water partition coefficient (Wildman–Crippen LogP) is 5.14. The maximum Gasteiger partial charge on any atom is 0.271 e. The molecule has 0 saturated heterocycles. The highest BCUT2D eigenvalue weighted by Gasteiger charge is 2.41. The number of amides is 1. The van der Waals surface area contributed by atoms with Gasteiger partial charge in [0.05, 0.1) is 28.2 Å². The van der Waals surface area contributed by atoms with Gasteiger partial charge in [-0.2, -0.15) is 5.26 Å². The Balaban J connectivity index is 1.39. The zero-order valence-corrected chi connectivity index (χ0v) is 23.1. The Bertz CT molecular complexity index is 1630. The van der Waals surface area contributed by atoms with E-state index in [1.807, 2.05) is 0 Å². The molecule has 202 valence electrons. The fraction of sp³-hybridized carbons (Fsp3) is 0.192. The van der Waals surface area contributed by atoms with Gasteiger partial charge in [-0.25, -0.2) is 0 Å². The van der Waals surface area contributed by atoms with Gasteiger partial charge in [-0.05, 0) is 36.6 Å². The van der Waals surface area contributed by atoms with Crippen molar-refractivity contribution in [2.24, 2.45) is 5.73 Å². The number of thioether (sulfide) groups is 1. The van der Waals surface area contributed by atoms with Crippen LogP contribution in [0.4, 0.5) is 16.5 Å². The molecule has 1 atom stereocenters. The zero-order chi connectivity index (χ0) is 28.4. The minimum atomic E-state index is -0.611. The molecule has 5 rings (SSSR count). The predicted molar refractivity (Wildman–Crippen MR) is 152 cm³/mol. The van der Waals surface area contributed by atoms with Crippen LogP contribution in [0.15, 0.2) is 75.5 Å². The molecule has 0 spiro atoms. The number of nitro benzene ring substituents is 1. The molecular weight excluding hydrogens is 574 g/mol. The Hall–Kier alpha value is -4.25. The number of anilines is 2. The minimum Gasteiger partial charge on any atom is -0.384 e. The molecule has 2 heterocycles. The van der Waals surface area contributed by atoms with Crippen LogP contribution in [0.3, 0.4) is 0 Å². The number of aromatic nitrogens is 2. The van der Waals surface area contributed by atoms with Gasteiger partial charge in [0, 0.05) is 40.5 Å². The Labute approximate surface area is 241 Å². The summed E-state index contributed by atoms with van der Waals surface area (Å²) < 4.78 is 0.472. The van der Waals surface area contributed by atoms with Gasteiger partial charge >= 0.3 is 0 Å². The molecule has 11 nitrogen and oxygen atoms in total. The molecule has 0 bridgehead atoms. The number of carbonyl (C=O) groups is 2. The van der Waals surface area contributed by atoms with Gasteiger partial charge in [0.2, 0.25) is 11.0 Å². The first-order valence-corrected chi connectivity index (χ1v) is 14.2. The summed E-state index contributed by atoms with van der Waals surface area (Å²) in [5.41, 5.74) is 8.92. The van der Waals surface area contributed by atoms with Crippen LogP contribution < -0.4 is 16.0 Å². The monoisotopic (exact) mass is 593 g/mol. The maximum atomic E-state index is 13.2. The molecule has 2 aromatic carbocycles. The zero-order valence-electron chi connectivity index (χ0n) is 20.7. The standard InChI is InChI=1S/C26H20ClN7O4S2/c27-15-9-7-14(8-10-15)22-18(12-28)24(29)33(19-5-2-6-20(35)23(19)22)25-31-32-26(40-25)39-13-21(36)30-16-3-1-4-17(11-16)34(37)38/h1,3-4,7-11,22H,2,5-6,13,29H2,(H,30,36). The number of carbonyl (C=O) groups excluding carboxylic acids is 2. The largest absolute Gasteiger partial charge is 0.384 e. The number of nitriles is 1. The Morgan fingerprint density at radius 3 is 2.77 bits per heavy atom. The van der Waals surface area contributed by atoms with E-state index in [1.54, 1.807) is 35.2 Å². The fourth-order valence-corrected chi connectivity index (χ4v) is 6.47. The summed E-state index contributed by atoms with van der Waals surface area (Å²) >= 11 is 8.38. The van der Waals surface area contributed by atoms with E-state index in [9.17, 15) is 25.0 Å². The van der Waals surface area contributed by atoms with Crippen molar-refractivity contribution in [2.75, 3.05) is 16.0 Å². The van der Waals surface area contributed by atoms with Crippen LogP contribution in [-0.4, -0.2) is 32.6 Å². The lowest BCUT2D eigenvalue weighted by molar-refractivity contribution is -0.384. The van der Waals surface area contributed by atoms with Crippen molar-refractivity contribution in [1.29, 1.82) is 5.26 Å². The Morgan fingerprint density at radius 2 is 2.05 bits per heavy atom. The molecule has 0 fully saturated rings. The van der Waals surface area contributed by atoms with Crippen molar-refractivity contribution >= 4 is 62.9 Å². The van der Waals surface area contributed by atoms with Gasteiger partial charge in [0.1, 0.15) is 5.82 Å². The summed E-state index contributed by atoms with van der Waals surface area (Å²) in [5, 5.41) is 33.1. The lowest BCUT2D eigenvalue weighted by atomic mass is 9.76. The number of Topliss-reactive ketones (excluding diaryl/α,β-unsaturated/α-hetero) is 1. The second-order valence-electron chi connectivity index (χ2n) is 8.86. The van der Waals surface area contributed by atoms with E-state index < -0.39 is 10.8 Å². The topological polar surface area (TPSA) is 168 Å². The third-order valence-electron chi connectivity index (χ3n) is 6.37. The molecule has 0 saturated carbocycles. The average Bonchev–Trinajstić information content (AvgIpc) is 3.40. The molecule has 0 radical (unpaired) electrons. The number of nitrogens with two attached hydrogens (primary N) is 1. The maximum absolute atomic E-state index is 13.2. The van der Waals surface area contributed by atoms with Crippen molar-refractivity contribution in [2.45, 2.75) is 29.5 Å². The molecule has 40 heavy (non-hydrogen) atoms. The van der Waals surface area contributed by atoms with E-state index in [0.717, 1.165) is 17.3 Å². The number of nitro groups is 1. The van der Waals surface area contributed by atoms with Crippen molar-refractivity contribution in [3.63, 3.8) is 0 Å². The third-order valence-corrected chi connectivity index (χ3v) is 8.66. The first-order chi connectivity index (χ1) is 19.3. The van der Waals surface area contributed by atoms with E-state index in [0.29, 0.717) is 50.7 Å². The van der Waals surface area contributed by atoms with Crippen LogP contribution in [-0.2, 0) is 9.59 Å². The van der Waals surface area contributed by atoms with Crippen LogP contribution in [0.25, 0.3) is 0 Å². The Morgan fingerprint density at radius 1 is 1.27 bits per heavy atom. The average molecular weight is 594 g/mol. The first kappa shape index (κ1) is 27.3. The second-order valence-corrected chi connectivity index (χ2v) is 11.5. The van der Waals surface area contributed by atoms with E-state index in [2.05, 4.69) is 21.6 Å². The number of ketones is 1. The van der Waals surface area contributed by atoms with Gasteiger partial charge in [-0.3, -0.25) is 24.6 Å². The van der Waals surface area contributed by atoms with Crippen LogP contribution in [0.5, 0.6) is 0 Å². The van der Waals surface area contributed by atoms with Crippen molar-refractivity contribution in [1.82, 2.24) is 10.2 Å². The SMILES string of the molecule is N#CC1=C(N)N(c2nnc(SCC(=O)Nc3cccc([N+](=O)[O-])c3)s2)C2=C(C(=O)CCC2)C1c1ccc(Cl)cc1. The fourth-order valence-electron chi connectivity index (χ4n) is 4.67. The van der Waals surface area contributed by atoms with Crippen molar-refractivity contribution in [3.05, 3.63) is 91.9 Å². The molecule has 1 amide bonds. The molecule has 3 N–H and O–H groups in total. The first-order valence-electron chi connectivity index (χ1n) is 12.0. The van der Waals surface area contributed by atoms with E-state index >= 15 is 0 Å². The lowest BCUT2D eigenvalue weighted by Crippen LogP contribution is -2.38. The third kappa shape index (κ3) is 5.42. The normalized spacial score (nSPS) is 16.9. The molecule has 3 aromatic rings. The van der Waals surface area contributed by atoms with Gasteiger partial charge in [-0.1, -0.05) is 52.9 Å². The quantitative estimate of drug-likeness (QED) is 0.212. The summed E-state index contributed by atoms with van der Waals surface area (Å²) in [6.45, 7) is 0. The molecule has 2 aliphatic rings. The summed E-state index contributed by atoms with van der Waals surface area (Å²) in [5.74, 6) is -0.881. The molecule has 1 aromatic heterocycles. The van der Waals surface area contributed by atoms with Crippen LogP contribution in [0, 0.1) is 21.4 Å². The smallest absolute Gasteiger partial charge is 0.271 e. The number of non-ortho nitro benzene ring substituents is 1. The summed E-state index contributed by atoms with van der Waals surface area (Å²) in [6, 6.07) is 14.9. The van der Waals surface area contributed by atoms with E-state index in [4.69, 9.17) is 17.3 Å². The molecule has 1 aliphatic heterocycles. The number of rotatable bonds is 7. The van der Waals surface area contributed by atoms with Crippen LogP contribution in [0.1, 0.15) is 30.7 Å². The van der Waals surface area contributed by atoms with Gasteiger partial charge in [0.15, 0.2) is 10.1 Å². The number of benzene rings is 2. The summed E-state index contributed by atoms with van der Waals surface area (Å²) in [4.78, 5) is 37.7. The molecule has 1 aliphatic carbocycles. The number of hydrogen-bond donors (Lipinski definition) is 2. The number of hydrogen-bond acceptors (Lipinski definition) is 11. The second kappa shape index (κ2) is 11.5. The number of allylic oxidation sites excluding steroid dienone is 3. The molecule has 1 unspecified atom stereocenters. The highest BCUT2D eigenvalue weighted by molar-refractivity contribution is 8.01. The van der Waals surface area contributed by atoms with Crippen LogP contribution in [0.2, 0.25) is 5.02 Å². The number of nitrogens with one attached hydrogen (secondary N) is 1. The number of nitrogens with zero attached hydrogens (tertiary/aromatic N) is 5. The molecular formula is C26H20ClN7O4S2. The van der Waals surface area contributed by atoms with E-state index in [1.165, 1.54) is 29.5 Å². The minimum absolute atomic E-state index is 0.0167. The van der Waals surface area contributed by atoms with Gasteiger partial charge in [-0.15, -0.1) is 10.2 Å². The van der Waals surface area contributed by atoms with Crippen molar-refractivity contribution < 1.29 is 14.5 Å². The highest BCUT2D eigenvalue weighted by Crippen LogP contribution is 2.47. The van der Waals surface area contributed by atoms with Gasteiger partial charge < -0.3 is 11.1 Å². The summed E-state index contributed by atoms with van der Waals surface area (Å²) in [7, 11) is 0. The summed E-state index contributed by atoms with van der Waals surface area (Å²) in [6.07, 6.45) is 1.57. The van der Waals surface area contributed by atoms with Crippen LogP contribution >= 0.6 is 34.7 Å². The molecule has 14 heteroatoms. The van der Waals surface area contributed by atoms with E-state index in [-0.39, 0.29) is 34.5 Å². The lowest BCUT2D eigenvalue weighted by Gasteiger charge is -2.38. The van der Waals surface area contributed by atoms with Crippen molar-refractivity contribution in [3.8, 4) is 6.07 Å². The number of halogens is 1. The van der Waals surface area contributed by atoms with Gasteiger partial charge in [0.25, 0.3) is 5.69 Å². The highest BCUT2D eigenvalue weighted by atomic mass is 35.5.